The van der Waals surface area contributed by atoms with E-state index in [1.807, 2.05) is 28.7 Å². The maximum absolute atomic E-state index is 11.6. The molecule has 4 rings (SSSR count). The number of benzene rings is 2. The molecular weight excluding hydrogens is 579 g/mol. The molecule has 10 heteroatoms. The summed E-state index contributed by atoms with van der Waals surface area (Å²) in [6.07, 6.45) is 4.52. The summed E-state index contributed by atoms with van der Waals surface area (Å²) < 4.78 is 17.3. The van der Waals surface area contributed by atoms with Crippen molar-refractivity contribution in [2.45, 2.75) is 6.92 Å². The summed E-state index contributed by atoms with van der Waals surface area (Å²) in [4.78, 5) is 45.2. The zero-order valence-corrected chi connectivity index (χ0v) is 21.1. The Morgan fingerprint density at radius 2 is 1.42 bits per heavy atom. The van der Waals surface area contributed by atoms with E-state index < -0.39 is 17.3 Å². The minimum atomic E-state index is -0.734. The van der Waals surface area contributed by atoms with E-state index in [1.54, 1.807) is 36.4 Å². The van der Waals surface area contributed by atoms with Crippen LogP contribution in [0.1, 0.15) is 18.1 Å². The number of carbonyl (C=O) groups excluding carboxylic acids is 2. The number of hydrogen-bond acceptors (Lipinski definition) is 7. The Labute approximate surface area is 218 Å². The highest BCUT2D eigenvalue weighted by Crippen LogP contribution is 2.18. The van der Waals surface area contributed by atoms with Crippen molar-refractivity contribution < 1.29 is 23.2 Å². The van der Waals surface area contributed by atoms with Crippen molar-refractivity contribution in [2.75, 3.05) is 17.7 Å². The average molecular weight is 596 g/mol. The van der Waals surface area contributed by atoms with Gasteiger partial charge in [0.2, 0.25) is 5.91 Å². The van der Waals surface area contributed by atoms with E-state index in [2.05, 4.69) is 31.1 Å². The molecule has 0 saturated carbocycles. The molecule has 180 valence electrons. The molecule has 0 fully saturated rings. The van der Waals surface area contributed by atoms with Crippen molar-refractivity contribution in [3.8, 4) is 22.2 Å². The van der Waals surface area contributed by atoms with Gasteiger partial charge in [-0.3, -0.25) is 10.1 Å². The molecule has 0 bridgehead atoms. The molecule has 0 unspecified atom stereocenters. The van der Waals surface area contributed by atoms with Gasteiger partial charge in [-0.15, -0.1) is 6.42 Å². The second kappa shape index (κ2) is 11.7. The number of ether oxygens (including phenoxy) is 1. The fourth-order valence-electron chi connectivity index (χ4n) is 2.97. The Hall–Kier alpha value is -4.55. The summed E-state index contributed by atoms with van der Waals surface area (Å²) in [6, 6.07) is 13.4. The average Bonchev–Trinajstić information content (AvgIpc) is 2.85. The molecule has 9 nitrogen and oxygen atoms in total. The molecule has 0 aliphatic rings. The third-order valence-electron chi connectivity index (χ3n) is 4.56. The second-order valence-electron chi connectivity index (χ2n) is 7.06. The lowest BCUT2D eigenvalue weighted by molar-refractivity contribution is -0.114. The van der Waals surface area contributed by atoms with Crippen LogP contribution in [0.4, 0.5) is 16.2 Å². The predicted octanol–water partition coefficient (Wildman–Crippen LogP) is 4.45. The third-order valence-corrected chi connectivity index (χ3v) is 4.83. The fraction of sp³-hybridized carbons (Fsp3) is 0.0769. The highest BCUT2D eigenvalue weighted by molar-refractivity contribution is 14.1. The summed E-state index contributed by atoms with van der Waals surface area (Å²) in [5.74, 6) is 5.00. The predicted molar refractivity (Wildman–Crippen MR) is 144 cm³/mol. The van der Waals surface area contributed by atoms with Crippen LogP contribution in [0.2, 0.25) is 0 Å². The van der Waals surface area contributed by atoms with Crippen LogP contribution in [-0.4, -0.2) is 19.1 Å². The fourth-order valence-corrected chi connectivity index (χ4v) is 3.28. The monoisotopic (exact) mass is 596 g/mol. The van der Waals surface area contributed by atoms with Crippen molar-refractivity contribution in [1.82, 2.24) is 0 Å². The molecule has 0 aliphatic carbocycles. The smallest absolute Gasteiger partial charge is 0.411 e. The van der Waals surface area contributed by atoms with Crippen molar-refractivity contribution in [2.24, 2.45) is 0 Å². The number of anilines is 2. The van der Waals surface area contributed by atoms with Crippen LogP contribution in [0.15, 0.2) is 67.0 Å². The summed E-state index contributed by atoms with van der Waals surface area (Å²) in [6.45, 7) is 1.34. The van der Waals surface area contributed by atoms with Crippen molar-refractivity contribution in [3.05, 3.63) is 80.5 Å². The van der Waals surface area contributed by atoms with Gasteiger partial charge < -0.3 is 18.9 Å². The van der Waals surface area contributed by atoms with Gasteiger partial charge in [0.25, 0.3) is 0 Å². The van der Waals surface area contributed by atoms with Gasteiger partial charge in [-0.25, -0.2) is 14.4 Å². The number of halogens is 1. The van der Waals surface area contributed by atoms with E-state index >= 15 is 0 Å². The van der Waals surface area contributed by atoms with Crippen LogP contribution in [0.3, 0.4) is 0 Å². The van der Waals surface area contributed by atoms with Gasteiger partial charge in [0.05, 0.1) is 7.11 Å². The molecule has 2 N–H and O–H groups in total. The minimum Gasteiger partial charge on any atom is -0.453 e. The maximum atomic E-state index is 11.6. The van der Waals surface area contributed by atoms with Gasteiger partial charge in [0.15, 0.2) is 0 Å². The first-order valence-corrected chi connectivity index (χ1v) is 11.2. The zero-order valence-electron chi connectivity index (χ0n) is 18.9. The SMILES string of the molecule is C#Cc1ccc2cc(NC(=O)OC)c(=O)oc2c1.CC(=O)Nc1cc2ccc(C#CI)cc2oc1=O. The van der Waals surface area contributed by atoms with Crippen LogP contribution in [-0.2, 0) is 9.53 Å². The molecular formula is C26H17IN2O7. The van der Waals surface area contributed by atoms with E-state index in [4.69, 9.17) is 15.3 Å². The van der Waals surface area contributed by atoms with Gasteiger partial charge in [-0.2, -0.15) is 0 Å². The quantitative estimate of drug-likeness (QED) is 0.199. The number of hydrogen-bond donors (Lipinski definition) is 2. The van der Waals surface area contributed by atoms with E-state index in [0.717, 1.165) is 10.9 Å². The Bertz CT molecular complexity index is 1700. The van der Waals surface area contributed by atoms with Crippen LogP contribution < -0.4 is 21.9 Å². The number of nitrogens with one attached hydrogen (secondary N) is 2. The highest BCUT2D eigenvalue weighted by atomic mass is 127. The summed E-state index contributed by atoms with van der Waals surface area (Å²) in [5, 5.41) is 6.09. The second-order valence-corrected chi connectivity index (χ2v) is 7.60. The van der Waals surface area contributed by atoms with Crippen molar-refractivity contribution in [3.63, 3.8) is 0 Å². The number of methoxy groups -OCH3 is 1. The molecule has 0 spiro atoms. The lowest BCUT2D eigenvalue weighted by Gasteiger charge is -2.03. The number of carbonyl (C=O) groups is 2. The van der Waals surface area contributed by atoms with Gasteiger partial charge in [-0.1, -0.05) is 11.8 Å². The molecule has 0 saturated heterocycles. The summed E-state index contributed by atoms with van der Waals surface area (Å²) >= 11 is 1.94. The molecule has 2 amide bonds. The van der Waals surface area contributed by atoms with Crippen molar-refractivity contribution >= 4 is 67.9 Å². The standard InChI is InChI=1S/C13H8INO3.C13H9NO4/c1-8(16)15-11-7-10-3-2-9(4-5-14)6-12(10)18-13(11)17;1-3-8-4-5-9-7-10(14-13(16)17-2)12(15)18-11(9)6-8/h2-3,6-7H,1H3,(H,15,16);1,4-7H,2H3,(H,14,16). The Morgan fingerprint density at radius 3 is 1.92 bits per heavy atom. The topological polar surface area (TPSA) is 128 Å². The Balaban J connectivity index is 0.000000201. The first-order valence-electron chi connectivity index (χ1n) is 10.1. The molecule has 4 aromatic rings. The van der Waals surface area contributed by atoms with Gasteiger partial charge in [0.1, 0.15) is 22.5 Å². The molecule has 0 aliphatic heterocycles. The zero-order chi connectivity index (χ0) is 26.2. The summed E-state index contributed by atoms with van der Waals surface area (Å²) in [5.41, 5.74) is 1.12. The first kappa shape index (κ1) is 26.1. The highest BCUT2D eigenvalue weighted by Gasteiger charge is 2.09. The molecule has 2 heterocycles. The van der Waals surface area contributed by atoms with Crippen LogP contribution in [0, 0.1) is 22.2 Å². The molecule has 36 heavy (non-hydrogen) atoms. The molecule has 0 atom stereocenters. The van der Waals surface area contributed by atoms with E-state index in [0.29, 0.717) is 22.1 Å². The largest absolute Gasteiger partial charge is 0.453 e. The van der Waals surface area contributed by atoms with E-state index in [-0.39, 0.29) is 17.3 Å². The van der Waals surface area contributed by atoms with Crippen LogP contribution >= 0.6 is 22.6 Å². The van der Waals surface area contributed by atoms with Gasteiger partial charge in [0, 0.05) is 51.4 Å². The normalized spacial score (nSPS) is 9.72. The lowest BCUT2D eigenvalue weighted by atomic mass is 10.1. The molecule has 2 aromatic heterocycles. The van der Waals surface area contributed by atoms with E-state index in [9.17, 15) is 19.2 Å². The first-order chi connectivity index (χ1) is 17.2. The van der Waals surface area contributed by atoms with Crippen LogP contribution in [0.25, 0.3) is 21.9 Å². The number of amides is 2. The minimum absolute atomic E-state index is 0.0165. The maximum Gasteiger partial charge on any atom is 0.411 e. The Morgan fingerprint density at radius 1 is 0.889 bits per heavy atom. The number of fused-ring (bicyclic) bond motifs is 2. The number of terminal acetylenes is 1. The van der Waals surface area contributed by atoms with Gasteiger partial charge >= 0.3 is 17.3 Å². The van der Waals surface area contributed by atoms with Crippen LogP contribution in [0.5, 0.6) is 0 Å². The summed E-state index contributed by atoms with van der Waals surface area (Å²) in [7, 11) is 1.21. The van der Waals surface area contributed by atoms with E-state index in [1.165, 1.54) is 20.1 Å². The van der Waals surface area contributed by atoms with Gasteiger partial charge in [-0.05, 0) is 52.5 Å². The van der Waals surface area contributed by atoms with Crippen molar-refractivity contribution in [1.29, 1.82) is 0 Å². The molecule has 0 radical (unpaired) electrons. The number of rotatable bonds is 2. The Kier molecular flexibility index (Phi) is 8.49. The third kappa shape index (κ3) is 6.52. The molecule has 2 aromatic carbocycles. The lowest BCUT2D eigenvalue weighted by Crippen LogP contribution is -2.17.